The summed E-state index contributed by atoms with van der Waals surface area (Å²) in [7, 11) is -0.751. The monoisotopic (exact) mass is 319 g/mol. The molecule has 0 unspecified atom stereocenters. The maximum atomic E-state index is 14.5. The molecule has 1 aromatic heterocycles. The Morgan fingerprint density at radius 2 is 1.61 bits per heavy atom. The Morgan fingerprint density at radius 3 is 2.13 bits per heavy atom. The lowest BCUT2D eigenvalue weighted by molar-refractivity contribution is 0.00578. The van der Waals surface area contributed by atoms with Crippen LogP contribution in [0.2, 0.25) is 0 Å². The van der Waals surface area contributed by atoms with Crippen LogP contribution in [0.5, 0.6) is 0 Å². The van der Waals surface area contributed by atoms with Gasteiger partial charge >= 0.3 is 7.12 Å². The fourth-order valence-electron chi connectivity index (χ4n) is 2.44. The molecule has 0 bridgehead atoms. The average Bonchev–Trinajstić information content (AvgIpc) is 2.86. The molecule has 1 saturated heterocycles. The fraction of sp³-hybridized carbons (Fsp3) is 0.588. The van der Waals surface area contributed by atoms with Crippen molar-refractivity contribution in [1.82, 2.24) is 4.98 Å². The summed E-state index contributed by atoms with van der Waals surface area (Å²) in [4.78, 5) is 4.49. The van der Waals surface area contributed by atoms with Crippen LogP contribution in [0.4, 0.5) is 4.39 Å². The van der Waals surface area contributed by atoms with Crippen molar-refractivity contribution in [2.24, 2.45) is 0 Å². The SMILES string of the molecule is CC(C)(C)c1nc2cc(B3OC(C)(C)C(C)(C)O3)c(F)cc2o1. The minimum atomic E-state index is -0.751. The molecule has 124 valence electrons. The van der Waals surface area contributed by atoms with Crippen LogP contribution in [-0.2, 0) is 14.7 Å². The molecule has 4 nitrogen and oxygen atoms in total. The van der Waals surface area contributed by atoms with E-state index < -0.39 is 24.1 Å². The highest BCUT2D eigenvalue weighted by Crippen LogP contribution is 2.37. The Kier molecular flexibility index (Phi) is 3.44. The van der Waals surface area contributed by atoms with Crippen LogP contribution in [0.1, 0.15) is 54.4 Å². The Morgan fingerprint density at radius 1 is 1.04 bits per heavy atom. The second kappa shape index (κ2) is 4.80. The molecule has 1 aromatic carbocycles. The van der Waals surface area contributed by atoms with E-state index in [9.17, 15) is 4.39 Å². The van der Waals surface area contributed by atoms with Crippen molar-refractivity contribution in [1.29, 1.82) is 0 Å². The van der Waals surface area contributed by atoms with E-state index in [4.69, 9.17) is 13.7 Å². The number of nitrogens with zero attached hydrogens (tertiary/aromatic N) is 1. The second-order valence-electron chi connectivity index (χ2n) is 8.20. The predicted octanol–water partition coefficient (Wildman–Crippen LogP) is 3.56. The molecular formula is C17H23BFNO3. The van der Waals surface area contributed by atoms with E-state index in [0.717, 1.165) is 0 Å². The molecule has 0 aliphatic carbocycles. The lowest BCUT2D eigenvalue weighted by Crippen LogP contribution is -2.41. The lowest BCUT2D eigenvalue weighted by atomic mass is 9.78. The molecule has 3 rings (SSSR count). The Balaban J connectivity index is 2.04. The van der Waals surface area contributed by atoms with E-state index in [2.05, 4.69) is 4.98 Å². The molecule has 2 aromatic rings. The van der Waals surface area contributed by atoms with Gasteiger partial charge in [0, 0.05) is 16.9 Å². The highest BCUT2D eigenvalue weighted by Gasteiger charge is 2.52. The van der Waals surface area contributed by atoms with Gasteiger partial charge in [-0.15, -0.1) is 0 Å². The predicted molar refractivity (Wildman–Crippen MR) is 88.4 cm³/mol. The highest BCUT2D eigenvalue weighted by atomic mass is 19.1. The van der Waals surface area contributed by atoms with Gasteiger partial charge < -0.3 is 13.7 Å². The van der Waals surface area contributed by atoms with E-state index in [0.29, 0.717) is 22.5 Å². The topological polar surface area (TPSA) is 44.5 Å². The van der Waals surface area contributed by atoms with Crippen molar-refractivity contribution in [3.8, 4) is 0 Å². The van der Waals surface area contributed by atoms with Crippen LogP contribution >= 0.6 is 0 Å². The molecule has 1 fully saturated rings. The summed E-state index contributed by atoms with van der Waals surface area (Å²) in [5, 5.41) is 0. The van der Waals surface area contributed by atoms with Gasteiger partial charge in [-0.1, -0.05) is 20.8 Å². The third-order valence-electron chi connectivity index (χ3n) is 4.66. The van der Waals surface area contributed by atoms with Gasteiger partial charge in [0.25, 0.3) is 0 Å². The summed E-state index contributed by atoms with van der Waals surface area (Å²) >= 11 is 0. The number of hydrogen-bond acceptors (Lipinski definition) is 4. The van der Waals surface area contributed by atoms with E-state index in [1.54, 1.807) is 6.07 Å². The third-order valence-corrected chi connectivity index (χ3v) is 4.66. The molecule has 0 N–H and O–H groups in total. The zero-order valence-electron chi connectivity index (χ0n) is 14.8. The van der Waals surface area contributed by atoms with Gasteiger partial charge in [-0.25, -0.2) is 9.37 Å². The average molecular weight is 319 g/mol. The number of halogens is 1. The van der Waals surface area contributed by atoms with Crippen molar-refractivity contribution in [2.45, 2.75) is 65.1 Å². The second-order valence-corrected chi connectivity index (χ2v) is 8.20. The summed E-state index contributed by atoms with van der Waals surface area (Å²) in [6, 6.07) is 3.02. The van der Waals surface area contributed by atoms with Crippen LogP contribution < -0.4 is 5.46 Å². The zero-order valence-corrected chi connectivity index (χ0v) is 14.8. The summed E-state index contributed by atoms with van der Waals surface area (Å²) < 4.78 is 32.1. The number of aromatic nitrogens is 1. The number of benzene rings is 1. The smallest absolute Gasteiger partial charge is 0.440 e. The molecular weight excluding hydrogens is 296 g/mol. The van der Waals surface area contributed by atoms with Crippen molar-refractivity contribution in [2.75, 3.05) is 0 Å². The summed E-state index contributed by atoms with van der Waals surface area (Å²) in [5.41, 5.74) is 0.137. The minimum absolute atomic E-state index is 0.236. The molecule has 0 radical (unpaired) electrons. The molecule has 0 saturated carbocycles. The number of rotatable bonds is 1. The third kappa shape index (κ3) is 2.68. The van der Waals surface area contributed by atoms with Crippen LogP contribution in [0, 0.1) is 5.82 Å². The first-order chi connectivity index (χ1) is 10.4. The van der Waals surface area contributed by atoms with Gasteiger partial charge in [0.15, 0.2) is 5.58 Å². The van der Waals surface area contributed by atoms with Crippen LogP contribution in [0.3, 0.4) is 0 Å². The molecule has 1 aliphatic rings. The maximum Gasteiger partial charge on any atom is 0.497 e. The largest absolute Gasteiger partial charge is 0.497 e. The van der Waals surface area contributed by atoms with Crippen LogP contribution in [0.25, 0.3) is 11.1 Å². The summed E-state index contributed by atoms with van der Waals surface area (Å²) in [5.74, 6) is 0.172. The van der Waals surface area contributed by atoms with Gasteiger partial charge in [0.1, 0.15) is 11.3 Å². The highest BCUT2D eigenvalue weighted by molar-refractivity contribution is 6.62. The van der Waals surface area contributed by atoms with Gasteiger partial charge in [-0.3, -0.25) is 0 Å². The Bertz CT molecular complexity index is 745. The molecule has 0 atom stereocenters. The standard InChI is InChI=1S/C17H23BFNO3/c1-15(2,3)14-20-12-8-10(11(19)9-13(12)21-14)18-22-16(4,5)17(6,7)23-18/h8-9H,1-7H3. The van der Waals surface area contributed by atoms with Crippen molar-refractivity contribution in [3.63, 3.8) is 0 Å². The van der Waals surface area contributed by atoms with Crippen LogP contribution in [-0.4, -0.2) is 23.3 Å². The zero-order chi connectivity index (χ0) is 17.2. The van der Waals surface area contributed by atoms with Crippen LogP contribution in [0.15, 0.2) is 16.5 Å². The lowest BCUT2D eigenvalue weighted by Gasteiger charge is -2.32. The number of fused-ring (bicyclic) bond motifs is 1. The number of oxazole rings is 1. The first kappa shape index (κ1) is 16.5. The van der Waals surface area contributed by atoms with Crippen molar-refractivity contribution >= 4 is 23.7 Å². The quantitative estimate of drug-likeness (QED) is 0.754. The molecule has 2 heterocycles. The van der Waals surface area contributed by atoms with E-state index in [1.807, 2.05) is 48.5 Å². The van der Waals surface area contributed by atoms with Crippen molar-refractivity contribution < 1.29 is 18.1 Å². The van der Waals surface area contributed by atoms with Gasteiger partial charge in [0.2, 0.25) is 5.89 Å². The molecule has 6 heteroatoms. The number of hydrogen-bond donors (Lipinski definition) is 0. The molecule has 0 amide bonds. The van der Waals surface area contributed by atoms with E-state index in [-0.39, 0.29) is 5.41 Å². The first-order valence-electron chi connectivity index (χ1n) is 7.87. The van der Waals surface area contributed by atoms with E-state index >= 15 is 0 Å². The summed E-state index contributed by atoms with van der Waals surface area (Å²) in [6.45, 7) is 13.8. The van der Waals surface area contributed by atoms with Gasteiger partial charge in [0.05, 0.1) is 11.2 Å². The molecule has 1 aliphatic heterocycles. The molecule has 0 spiro atoms. The maximum absolute atomic E-state index is 14.5. The minimum Gasteiger partial charge on any atom is -0.440 e. The molecule has 23 heavy (non-hydrogen) atoms. The van der Waals surface area contributed by atoms with Crippen molar-refractivity contribution in [3.05, 3.63) is 23.8 Å². The first-order valence-corrected chi connectivity index (χ1v) is 7.87. The Labute approximate surface area is 136 Å². The normalized spacial score (nSPS) is 20.4. The fourth-order valence-corrected chi connectivity index (χ4v) is 2.44. The Hall–Kier alpha value is -1.40. The van der Waals surface area contributed by atoms with E-state index in [1.165, 1.54) is 6.07 Å². The summed E-state index contributed by atoms with van der Waals surface area (Å²) in [6.07, 6.45) is 0. The van der Waals surface area contributed by atoms with Gasteiger partial charge in [-0.2, -0.15) is 0 Å². The van der Waals surface area contributed by atoms with Gasteiger partial charge in [-0.05, 0) is 33.8 Å².